The molecule has 3 rings (SSSR count). The van der Waals surface area contributed by atoms with Gasteiger partial charge in [-0.05, 0) is 38.5 Å². The van der Waals surface area contributed by atoms with E-state index in [1.54, 1.807) is 17.4 Å². The van der Waals surface area contributed by atoms with Crippen molar-refractivity contribution in [3.63, 3.8) is 0 Å². The van der Waals surface area contributed by atoms with Crippen LogP contribution in [-0.4, -0.2) is 27.5 Å². The summed E-state index contributed by atoms with van der Waals surface area (Å²) in [6.07, 6.45) is 0. The van der Waals surface area contributed by atoms with Crippen LogP contribution in [0, 0.1) is 26.6 Å². The summed E-state index contributed by atoms with van der Waals surface area (Å²) in [7, 11) is 0. The summed E-state index contributed by atoms with van der Waals surface area (Å²) in [6.45, 7) is 5.84. The van der Waals surface area contributed by atoms with E-state index in [4.69, 9.17) is 0 Å². The molecule has 140 valence electrons. The molecule has 27 heavy (non-hydrogen) atoms. The maximum Gasteiger partial charge on any atom is 0.272 e. The van der Waals surface area contributed by atoms with Gasteiger partial charge in [-0.3, -0.25) is 20.4 Å². The topological polar surface area (TPSA) is 84.0 Å². The van der Waals surface area contributed by atoms with E-state index < -0.39 is 17.6 Å². The van der Waals surface area contributed by atoms with E-state index in [2.05, 4.69) is 20.8 Å². The average Bonchev–Trinajstić information content (AvgIpc) is 2.91. The number of aryl methyl sites for hydroxylation is 3. The normalized spacial score (nSPS) is 10.8. The molecule has 2 aromatic heterocycles. The van der Waals surface area contributed by atoms with Crippen LogP contribution in [0.15, 0.2) is 29.3 Å². The number of hydrazine groups is 1. The highest BCUT2D eigenvalue weighted by Crippen LogP contribution is 2.34. The van der Waals surface area contributed by atoms with E-state index in [1.807, 2.05) is 20.8 Å². The molecule has 2 amide bonds. The SMILES string of the molecule is Cc1nc(SCC(=O)NNC(=O)c2ccccc2F)c2c(C)c(C)sc2n1. The molecule has 2 heterocycles. The molecule has 1 aromatic carbocycles. The highest BCUT2D eigenvalue weighted by atomic mass is 32.2. The largest absolute Gasteiger partial charge is 0.272 e. The Balaban J connectivity index is 1.64. The molecular weight excluding hydrogens is 387 g/mol. The second kappa shape index (κ2) is 8.01. The van der Waals surface area contributed by atoms with Crippen LogP contribution in [0.3, 0.4) is 0 Å². The Labute approximate surface area is 163 Å². The Bertz CT molecular complexity index is 1040. The van der Waals surface area contributed by atoms with Crippen LogP contribution in [0.2, 0.25) is 0 Å². The van der Waals surface area contributed by atoms with Crippen LogP contribution >= 0.6 is 23.1 Å². The Morgan fingerprint density at radius 1 is 1.15 bits per heavy atom. The number of thiophene rings is 1. The Kier molecular flexibility index (Phi) is 5.71. The minimum atomic E-state index is -0.712. The molecule has 9 heteroatoms. The van der Waals surface area contributed by atoms with Gasteiger partial charge in [0.05, 0.1) is 11.3 Å². The van der Waals surface area contributed by atoms with Gasteiger partial charge in [0.2, 0.25) is 5.91 Å². The summed E-state index contributed by atoms with van der Waals surface area (Å²) < 4.78 is 13.6. The van der Waals surface area contributed by atoms with Crippen molar-refractivity contribution in [2.45, 2.75) is 25.8 Å². The van der Waals surface area contributed by atoms with Gasteiger partial charge < -0.3 is 0 Å². The lowest BCUT2D eigenvalue weighted by atomic mass is 10.2. The van der Waals surface area contributed by atoms with Crippen molar-refractivity contribution < 1.29 is 14.0 Å². The van der Waals surface area contributed by atoms with Gasteiger partial charge in [0, 0.05) is 10.3 Å². The molecule has 0 unspecified atom stereocenters. The number of benzene rings is 1. The molecule has 0 spiro atoms. The van der Waals surface area contributed by atoms with Crippen molar-refractivity contribution in [3.05, 3.63) is 51.9 Å². The zero-order chi connectivity index (χ0) is 19.6. The number of thioether (sulfide) groups is 1. The lowest BCUT2D eigenvalue weighted by molar-refractivity contribution is -0.119. The van der Waals surface area contributed by atoms with Gasteiger partial charge >= 0.3 is 0 Å². The number of hydrogen-bond donors (Lipinski definition) is 2. The summed E-state index contributed by atoms with van der Waals surface area (Å²) in [5, 5.41) is 1.69. The van der Waals surface area contributed by atoms with Crippen molar-refractivity contribution in [3.8, 4) is 0 Å². The molecule has 0 fully saturated rings. The maximum absolute atomic E-state index is 13.6. The number of halogens is 1. The zero-order valence-corrected chi connectivity index (χ0v) is 16.6. The predicted octanol–water partition coefficient (Wildman–Crippen LogP) is 3.31. The summed E-state index contributed by atoms with van der Waals surface area (Å²) in [4.78, 5) is 34.9. The van der Waals surface area contributed by atoms with Crippen molar-refractivity contribution >= 4 is 45.1 Å². The quantitative estimate of drug-likeness (QED) is 0.396. The molecule has 0 atom stereocenters. The van der Waals surface area contributed by atoms with E-state index in [0.717, 1.165) is 25.7 Å². The van der Waals surface area contributed by atoms with Gasteiger partial charge in [-0.15, -0.1) is 11.3 Å². The number of aromatic nitrogens is 2. The van der Waals surface area contributed by atoms with Crippen LogP contribution in [0.25, 0.3) is 10.2 Å². The predicted molar refractivity (Wildman–Crippen MR) is 104 cm³/mol. The van der Waals surface area contributed by atoms with E-state index in [-0.39, 0.29) is 11.3 Å². The van der Waals surface area contributed by atoms with E-state index in [1.165, 1.54) is 30.0 Å². The van der Waals surface area contributed by atoms with Crippen molar-refractivity contribution in [1.29, 1.82) is 0 Å². The van der Waals surface area contributed by atoms with Gasteiger partial charge in [-0.2, -0.15) is 0 Å². The van der Waals surface area contributed by atoms with Gasteiger partial charge in [-0.1, -0.05) is 23.9 Å². The molecule has 0 aliphatic rings. The summed E-state index contributed by atoms with van der Waals surface area (Å²) in [5.41, 5.74) is 5.48. The number of hydrogen-bond acceptors (Lipinski definition) is 6. The highest BCUT2D eigenvalue weighted by molar-refractivity contribution is 8.00. The van der Waals surface area contributed by atoms with Crippen LogP contribution < -0.4 is 10.9 Å². The molecule has 0 aliphatic carbocycles. The van der Waals surface area contributed by atoms with Crippen molar-refractivity contribution in [2.24, 2.45) is 0 Å². The fourth-order valence-electron chi connectivity index (χ4n) is 2.43. The van der Waals surface area contributed by atoms with E-state index in [9.17, 15) is 14.0 Å². The number of fused-ring (bicyclic) bond motifs is 1. The molecule has 3 aromatic rings. The lowest BCUT2D eigenvalue weighted by Gasteiger charge is -2.08. The van der Waals surface area contributed by atoms with Crippen molar-refractivity contribution in [1.82, 2.24) is 20.8 Å². The minimum absolute atomic E-state index is 0.0530. The fourth-order valence-corrected chi connectivity index (χ4v) is 4.50. The van der Waals surface area contributed by atoms with E-state index >= 15 is 0 Å². The molecule has 6 nitrogen and oxygen atoms in total. The fraction of sp³-hybridized carbons (Fsp3) is 0.222. The molecule has 0 aliphatic heterocycles. The maximum atomic E-state index is 13.6. The molecule has 0 saturated carbocycles. The molecule has 0 radical (unpaired) electrons. The first-order valence-electron chi connectivity index (χ1n) is 8.07. The van der Waals surface area contributed by atoms with Gasteiger partial charge in [0.15, 0.2) is 0 Å². The third-order valence-electron chi connectivity index (χ3n) is 3.88. The second-order valence-electron chi connectivity index (χ2n) is 5.81. The first kappa shape index (κ1) is 19.2. The number of nitrogens with zero attached hydrogens (tertiary/aromatic N) is 2. The number of nitrogens with one attached hydrogen (secondary N) is 2. The first-order chi connectivity index (χ1) is 12.9. The zero-order valence-electron chi connectivity index (χ0n) is 14.9. The summed E-state index contributed by atoms with van der Waals surface area (Å²) >= 11 is 2.87. The van der Waals surface area contributed by atoms with Gasteiger partial charge in [0.25, 0.3) is 5.91 Å². The van der Waals surface area contributed by atoms with E-state index in [0.29, 0.717) is 5.82 Å². The minimum Gasteiger partial charge on any atom is -0.272 e. The lowest BCUT2D eigenvalue weighted by Crippen LogP contribution is -2.42. The third-order valence-corrected chi connectivity index (χ3v) is 5.96. The second-order valence-corrected chi connectivity index (χ2v) is 7.98. The smallest absolute Gasteiger partial charge is 0.272 e. The van der Waals surface area contributed by atoms with Crippen LogP contribution in [0.5, 0.6) is 0 Å². The first-order valence-corrected chi connectivity index (χ1v) is 9.88. The Hall–Kier alpha value is -2.52. The summed E-state index contributed by atoms with van der Waals surface area (Å²) in [5.74, 6) is -1.09. The molecule has 0 bridgehead atoms. The number of amides is 2. The van der Waals surface area contributed by atoms with Gasteiger partial charge in [0.1, 0.15) is 21.5 Å². The molecule has 0 saturated heterocycles. The Morgan fingerprint density at radius 2 is 1.89 bits per heavy atom. The van der Waals surface area contributed by atoms with Crippen molar-refractivity contribution in [2.75, 3.05) is 5.75 Å². The highest BCUT2D eigenvalue weighted by Gasteiger charge is 2.16. The standard InChI is InChI=1S/C18H17FN4O2S2/c1-9-10(2)27-18-15(9)17(20-11(3)21-18)26-8-14(24)22-23-16(25)12-6-4-5-7-13(12)19/h4-7H,8H2,1-3H3,(H,22,24)(H,23,25). The van der Waals surface area contributed by atoms with Gasteiger partial charge in [-0.25, -0.2) is 14.4 Å². The van der Waals surface area contributed by atoms with Crippen LogP contribution in [0.4, 0.5) is 4.39 Å². The third kappa shape index (κ3) is 4.25. The van der Waals surface area contributed by atoms with Crippen LogP contribution in [0.1, 0.15) is 26.6 Å². The monoisotopic (exact) mass is 404 g/mol. The number of carbonyl (C=O) groups excluding carboxylic acids is 2. The average molecular weight is 404 g/mol. The Morgan fingerprint density at radius 3 is 2.63 bits per heavy atom. The number of rotatable bonds is 4. The molecule has 2 N–H and O–H groups in total. The van der Waals surface area contributed by atoms with Crippen LogP contribution in [-0.2, 0) is 4.79 Å². The molecular formula is C18H17FN4O2S2. The summed E-state index contributed by atoms with van der Waals surface area (Å²) in [6, 6.07) is 5.55. The number of carbonyl (C=O) groups is 2.